The van der Waals surface area contributed by atoms with Crippen LogP contribution < -0.4 is 9.64 Å². The number of anilines is 1. The highest BCUT2D eigenvalue weighted by Crippen LogP contribution is 2.32. The lowest BCUT2D eigenvalue weighted by molar-refractivity contribution is -0.134. The van der Waals surface area contributed by atoms with Crippen molar-refractivity contribution in [2.24, 2.45) is 11.8 Å². The molecule has 2 aromatic rings. The van der Waals surface area contributed by atoms with Crippen LogP contribution in [0.4, 0.5) is 10.4 Å². The first-order valence-corrected chi connectivity index (χ1v) is 13.3. The number of amides is 1. The van der Waals surface area contributed by atoms with Gasteiger partial charge in [-0.1, -0.05) is 25.1 Å². The van der Waals surface area contributed by atoms with E-state index in [1.807, 2.05) is 12.1 Å². The van der Waals surface area contributed by atoms with E-state index in [9.17, 15) is 9.18 Å². The first kappa shape index (κ1) is 24.7. The summed E-state index contributed by atoms with van der Waals surface area (Å²) in [5.74, 6) is 2.33. The van der Waals surface area contributed by atoms with Crippen molar-refractivity contribution < 1.29 is 18.4 Å². The van der Waals surface area contributed by atoms with Gasteiger partial charge in [0.05, 0.1) is 25.0 Å². The second-order valence-corrected chi connectivity index (χ2v) is 10.6. The zero-order valence-electron chi connectivity index (χ0n) is 21.2. The van der Waals surface area contributed by atoms with Gasteiger partial charge in [0.1, 0.15) is 11.9 Å². The molecule has 8 nitrogen and oxygen atoms in total. The van der Waals surface area contributed by atoms with E-state index in [4.69, 9.17) is 9.26 Å². The minimum absolute atomic E-state index is 0.0369. The van der Waals surface area contributed by atoms with Gasteiger partial charge in [0.25, 0.3) is 0 Å². The number of piperidine rings is 1. The predicted molar refractivity (Wildman–Crippen MR) is 134 cm³/mol. The number of likely N-dealkylation sites (tertiary alicyclic amines) is 1. The van der Waals surface area contributed by atoms with Gasteiger partial charge >= 0.3 is 6.01 Å². The number of alkyl halides is 1. The fourth-order valence-corrected chi connectivity index (χ4v) is 5.22. The Bertz CT molecular complexity index is 1060. The molecule has 36 heavy (non-hydrogen) atoms. The van der Waals surface area contributed by atoms with Crippen molar-refractivity contribution in [2.45, 2.75) is 64.5 Å². The average Bonchev–Trinajstić information content (AvgIpc) is 3.58. The predicted octanol–water partition coefficient (Wildman–Crippen LogP) is 4.64. The molecule has 9 heteroatoms. The summed E-state index contributed by atoms with van der Waals surface area (Å²) in [5.41, 5.74) is 2.11. The van der Waals surface area contributed by atoms with Crippen LogP contribution in [0.2, 0.25) is 0 Å². The van der Waals surface area contributed by atoms with Crippen LogP contribution >= 0.6 is 0 Å². The summed E-state index contributed by atoms with van der Waals surface area (Å²) in [6.45, 7) is 7.35. The molecule has 2 fully saturated rings. The van der Waals surface area contributed by atoms with E-state index in [2.05, 4.69) is 39.9 Å². The van der Waals surface area contributed by atoms with E-state index in [0.29, 0.717) is 37.9 Å². The molecule has 4 heterocycles. The van der Waals surface area contributed by atoms with E-state index in [1.165, 1.54) is 5.57 Å². The number of halogens is 1. The van der Waals surface area contributed by atoms with Crippen LogP contribution in [0.3, 0.4) is 0 Å². The molecule has 2 saturated heterocycles. The lowest BCUT2D eigenvalue weighted by Gasteiger charge is -2.30. The summed E-state index contributed by atoms with van der Waals surface area (Å²) >= 11 is 0. The van der Waals surface area contributed by atoms with E-state index in [1.54, 1.807) is 11.1 Å². The normalized spacial score (nSPS) is 23.3. The summed E-state index contributed by atoms with van der Waals surface area (Å²) < 4.78 is 24.9. The molecule has 2 aromatic heterocycles. The minimum Gasteiger partial charge on any atom is -0.492 e. The highest BCUT2D eigenvalue weighted by atomic mass is 19.1. The second-order valence-electron chi connectivity index (χ2n) is 10.6. The van der Waals surface area contributed by atoms with Crippen molar-refractivity contribution >= 4 is 17.5 Å². The molecule has 3 aliphatic rings. The van der Waals surface area contributed by atoms with Gasteiger partial charge in [-0.2, -0.15) is 4.98 Å². The van der Waals surface area contributed by atoms with Gasteiger partial charge in [-0.15, -0.1) is 0 Å². The number of rotatable bonds is 7. The number of carbonyl (C=O) groups is 1. The van der Waals surface area contributed by atoms with Gasteiger partial charge in [-0.3, -0.25) is 9.78 Å². The zero-order valence-corrected chi connectivity index (χ0v) is 21.2. The van der Waals surface area contributed by atoms with Gasteiger partial charge in [0, 0.05) is 31.5 Å². The Labute approximate surface area is 211 Å². The molecule has 0 radical (unpaired) electrons. The number of hydrogen-bond acceptors (Lipinski definition) is 7. The molecule has 2 aliphatic heterocycles. The van der Waals surface area contributed by atoms with Crippen molar-refractivity contribution in [3.05, 3.63) is 35.9 Å². The van der Waals surface area contributed by atoms with Crippen LogP contribution in [0.5, 0.6) is 5.75 Å². The maximum absolute atomic E-state index is 13.4. The van der Waals surface area contributed by atoms with E-state index in [0.717, 1.165) is 56.0 Å². The van der Waals surface area contributed by atoms with Crippen molar-refractivity contribution in [2.75, 3.05) is 37.7 Å². The van der Waals surface area contributed by atoms with Gasteiger partial charge < -0.3 is 19.1 Å². The van der Waals surface area contributed by atoms with Crippen LogP contribution in [0.15, 0.2) is 28.9 Å². The third-order valence-electron chi connectivity index (χ3n) is 7.59. The molecule has 194 valence electrons. The molecule has 2 atom stereocenters. The Hall–Kier alpha value is -2.97. The SMILES string of the molecule is CC(C)c1noc(N2CCC(COc3ccc(C4=CCC(C(=O)N5CC[C@@H](F)C5)CC4)nc3)CC2)n1. The molecule has 0 saturated carbocycles. The highest BCUT2D eigenvalue weighted by molar-refractivity contribution is 5.80. The monoisotopic (exact) mass is 497 g/mol. The van der Waals surface area contributed by atoms with Gasteiger partial charge in [0.15, 0.2) is 5.82 Å². The number of nitrogens with zero attached hydrogens (tertiary/aromatic N) is 5. The maximum Gasteiger partial charge on any atom is 0.324 e. The lowest BCUT2D eigenvalue weighted by atomic mass is 9.87. The summed E-state index contributed by atoms with van der Waals surface area (Å²) in [5, 5.41) is 4.06. The molecular weight excluding hydrogens is 461 g/mol. The largest absolute Gasteiger partial charge is 0.492 e. The highest BCUT2D eigenvalue weighted by Gasteiger charge is 2.31. The lowest BCUT2D eigenvalue weighted by Crippen LogP contribution is -2.35. The fourth-order valence-electron chi connectivity index (χ4n) is 5.22. The number of allylic oxidation sites excluding steroid dienone is 2. The molecule has 5 rings (SSSR count). The van der Waals surface area contributed by atoms with Crippen molar-refractivity contribution in [3.8, 4) is 5.75 Å². The van der Waals surface area contributed by atoms with Crippen LogP contribution in [-0.4, -0.2) is 64.9 Å². The molecule has 0 aromatic carbocycles. The van der Waals surface area contributed by atoms with E-state index in [-0.39, 0.29) is 24.3 Å². The summed E-state index contributed by atoms with van der Waals surface area (Å²) in [6, 6.07) is 4.60. The Balaban J connectivity index is 1.06. The minimum atomic E-state index is -0.865. The number of ether oxygens (including phenoxy) is 1. The van der Waals surface area contributed by atoms with Crippen LogP contribution in [0, 0.1) is 11.8 Å². The summed E-state index contributed by atoms with van der Waals surface area (Å²) in [6.07, 6.45) is 7.85. The van der Waals surface area contributed by atoms with Crippen LogP contribution in [0.1, 0.15) is 69.8 Å². The third-order valence-corrected chi connectivity index (χ3v) is 7.59. The molecule has 1 amide bonds. The molecule has 0 spiro atoms. The fraction of sp³-hybridized carbons (Fsp3) is 0.630. The molecular formula is C27H36FN5O3. The summed E-state index contributed by atoms with van der Waals surface area (Å²) in [4.78, 5) is 25.6. The van der Waals surface area contributed by atoms with Crippen molar-refractivity contribution in [1.29, 1.82) is 0 Å². The van der Waals surface area contributed by atoms with Crippen molar-refractivity contribution in [3.63, 3.8) is 0 Å². The molecule has 0 bridgehead atoms. The second kappa shape index (κ2) is 11.0. The zero-order chi connectivity index (χ0) is 25.1. The number of pyridine rings is 1. The quantitative estimate of drug-likeness (QED) is 0.551. The van der Waals surface area contributed by atoms with Gasteiger partial charge in [-0.05, 0) is 62.1 Å². The van der Waals surface area contributed by atoms with Crippen molar-refractivity contribution in [1.82, 2.24) is 20.0 Å². The topological polar surface area (TPSA) is 84.6 Å². The molecule has 1 aliphatic carbocycles. The standard InChI is InChI=1S/C27H36FN5O3/c1-18(2)25-30-27(36-31-25)32-12-9-19(10-13-32)17-35-23-7-8-24(29-15-23)20-3-5-21(6-4-20)26(34)33-14-11-22(28)16-33/h3,7-8,15,18-19,21-22H,4-6,9-14,16-17H2,1-2H3/t21?,22-/m1/s1. The smallest absolute Gasteiger partial charge is 0.324 e. The van der Waals surface area contributed by atoms with Gasteiger partial charge in [0.2, 0.25) is 5.91 Å². The average molecular weight is 498 g/mol. The Morgan fingerprint density at radius 1 is 1.19 bits per heavy atom. The van der Waals surface area contributed by atoms with E-state index < -0.39 is 6.17 Å². The maximum atomic E-state index is 13.4. The van der Waals surface area contributed by atoms with E-state index >= 15 is 0 Å². The first-order valence-electron chi connectivity index (χ1n) is 13.3. The third kappa shape index (κ3) is 5.71. The Kier molecular flexibility index (Phi) is 7.53. The first-order chi connectivity index (χ1) is 17.5. The number of hydrogen-bond donors (Lipinski definition) is 0. The van der Waals surface area contributed by atoms with Gasteiger partial charge in [-0.25, -0.2) is 4.39 Å². The summed E-state index contributed by atoms with van der Waals surface area (Å²) in [7, 11) is 0. The number of carbonyl (C=O) groups excluding carboxylic acids is 1. The molecule has 0 N–H and O–H groups in total. The Morgan fingerprint density at radius 3 is 2.64 bits per heavy atom. The number of aromatic nitrogens is 3. The molecule has 1 unspecified atom stereocenters. The van der Waals surface area contributed by atoms with Crippen LogP contribution in [-0.2, 0) is 4.79 Å². The Morgan fingerprint density at radius 2 is 2.03 bits per heavy atom. The van der Waals surface area contributed by atoms with Crippen LogP contribution in [0.25, 0.3) is 5.57 Å².